The summed E-state index contributed by atoms with van der Waals surface area (Å²) in [6.45, 7) is 3.84. The van der Waals surface area contributed by atoms with Crippen molar-refractivity contribution in [2.75, 3.05) is 31.1 Å². The number of carbonyl (C=O) groups is 3. The van der Waals surface area contributed by atoms with Gasteiger partial charge in [-0.15, -0.1) is 11.3 Å². The molecule has 54 heavy (non-hydrogen) atoms. The number of halogens is 3. The highest BCUT2D eigenvalue weighted by molar-refractivity contribution is 7.07. The second-order valence-corrected chi connectivity index (χ2v) is 14.3. The van der Waals surface area contributed by atoms with Crippen molar-refractivity contribution >= 4 is 45.6 Å². The Bertz CT molecular complexity index is 2400. The van der Waals surface area contributed by atoms with E-state index in [1.54, 1.807) is 74.4 Å². The minimum Gasteiger partial charge on any atom is -0.352 e. The van der Waals surface area contributed by atoms with Gasteiger partial charge in [0, 0.05) is 92.4 Å². The molecule has 6 heterocycles. The predicted octanol–water partition coefficient (Wildman–Crippen LogP) is 5.62. The van der Waals surface area contributed by atoms with E-state index in [2.05, 4.69) is 25.4 Å². The SMILES string of the molecule is CCc1cc(C(=O)NCC2CN(C(=O)c3cscn3)C2)c2nccc(N3CCc4c(cc(Cn5ccnc5)cc4-c4cn(C)nc4C(F)(F)F)C3=O)c2c1. The quantitative estimate of drug-likeness (QED) is 0.203. The van der Waals surface area contributed by atoms with Crippen molar-refractivity contribution in [1.29, 1.82) is 0 Å². The maximum atomic E-state index is 14.6. The van der Waals surface area contributed by atoms with Gasteiger partial charge >= 0.3 is 6.18 Å². The van der Waals surface area contributed by atoms with Gasteiger partial charge in [-0.3, -0.25) is 24.0 Å². The monoisotopic (exact) mass is 753 g/mol. The third kappa shape index (κ3) is 6.50. The second kappa shape index (κ2) is 13.8. The molecular weight excluding hydrogens is 720 g/mol. The number of nitrogens with zero attached hydrogens (tertiary/aromatic N) is 8. The molecule has 0 unspecified atom stereocenters. The lowest BCUT2D eigenvalue weighted by Gasteiger charge is -2.38. The third-order valence-corrected chi connectivity index (χ3v) is 10.5. The van der Waals surface area contributed by atoms with E-state index in [-0.39, 0.29) is 48.7 Å². The molecule has 6 aromatic rings. The van der Waals surface area contributed by atoms with Crippen molar-refractivity contribution in [3.8, 4) is 11.1 Å². The minimum atomic E-state index is -4.70. The second-order valence-electron chi connectivity index (χ2n) is 13.6. The number of thiazole rings is 1. The first kappa shape index (κ1) is 35.1. The van der Waals surface area contributed by atoms with Gasteiger partial charge in [0.05, 0.1) is 28.6 Å². The van der Waals surface area contributed by atoms with Crippen LogP contribution >= 0.6 is 11.3 Å². The van der Waals surface area contributed by atoms with Crippen LogP contribution < -0.4 is 10.2 Å². The number of anilines is 1. The molecule has 4 aromatic heterocycles. The number of likely N-dealkylation sites (tertiary alicyclic amines) is 1. The fourth-order valence-electron chi connectivity index (χ4n) is 7.30. The van der Waals surface area contributed by atoms with Gasteiger partial charge in [0.1, 0.15) is 5.69 Å². The van der Waals surface area contributed by atoms with Gasteiger partial charge in [-0.2, -0.15) is 18.3 Å². The lowest BCUT2D eigenvalue weighted by molar-refractivity contribution is -0.141. The van der Waals surface area contributed by atoms with Crippen LogP contribution in [0.5, 0.6) is 0 Å². The Hall–Kier alpha value is -5.90. The molecule has 0 spiro atoms. The summed E-state index contributed by atoms with van der Waals surface area (Å²) in [6, 6.07) is 8.91. The molecule has 2 aliphatic rings. The van der Waals surface area contributed by atoms with Gasteiger partial charge < -0.3 is 19.7 Å². The lowest BCUT2D eigenvalue weighted by atomic mass is 9.87. The number of carbonyl (C=O) groups excluding carboxylic acids is 3. The maximum Gasteiger partial charge on any atom is 0.435 e. The molecule has 1 N–H and O–H groups in total. The van der Waals surface area contributed by atoms with Crippen LogP contribution in [0.15, 0.2) is 72.3 Å². The average molecular weight is 754 g/mol. The molecule has 1 fully saturated rings. The van der Waals surface area contributed by atoms with Crippen molar-refractivity contribution in [3.63, 3.8) is 0 Å². The first-order chi connectivity index (χ1) is 26.0. The zero-order valence-electron chi connectivity index (χ0n) is 29.3. The van der Waals surface area contributed by atoms with Gasteiger partial charge in [-0.1, -0.05) is 6.92 Å². The standard InChI is InChI=1S/C38H34F3N9O3S/c1-3-22-10-28-32(4-6-43-33(28)29(11-22)35(51)44-14-24-16-49(17-24)37(53)31-19-54-21-45-31)50-8-5-25-26(30-18-47(2)46-34(30)38(39,40)41)12-23(13-27(25)36(50)52)15-48-9-7-42-20-48/h4,6-7,9-13,18-21,24H,3,5,8,14-17H2,1-2H3,(H,44,51). The summed E-state index contributed by atoms with van der Waals surface area (Å²) in [5, 5.41) is 9.09. The fourth-order valence-corrected chi connectivity index (χ4v) is 7.83. The molecule has 12 nitrogen and oxygen atoms in total. The molecular formula is C38H34F3N9O3S. The van der Waals surface area contributed by atoms with Gasteiger partial charge in [0.25, 0.3) is 17.7 Å². The number of benzene rings is 2. The molecule has 276 valence electrons. The number of imidazole rings is 1. The smallest absolute Gasteiger partial charge is 0.352 e. The Balaban J connectivity index is 1.11. The van der Waals surface area contributed by atoms with Crippen LogP contribution in [0, 0.1) is 5.92 Å². The largest absolute Gasteiger partial charge is 0.435 e. The highest BCUT2D eigenvalue weighted by Gasteiger charge is 2.39. The normalized spacial score (nSPS) is 14.7. The molecule has 16 heteroatoms. The molecule has 0 bridgehead atoms. The highest BCUT2D eigenvalue weighted by Crippen LogP contribution is 2.41. The van der Waals surface area contributed by atoms with Gasteiger partial charge in [0.15, 0.2) is 5.69 Å². The van der Waals surface area contributed by atoms with Crippen LogP contribution in [0.2, 0.25) is 0 Å². The van der Waals surface area contributed by atoms with E-state index >= 15 is 0 Å². The summed E-state index contributed by atoms with van der Waals surface area (Å²) in [6.07, 6.45) is 4.05. The number of hydrogen-bond donors (Lipinski definition) is 1. The van der Waals surface area contributed by atoms with Gasteiger partial charge in [-0.05, 0) is 65.4 Å². The van der Waals surface area contributed by atoms with Crippen molar-refractivity contribution in [1.82, 2.24) is 39.5 Å². The molecule has 0 saturated carbocycles. The first-order valence-electron chi connectivity index (χ1n) is 17.4. The average Bonchev–Trinajstić information content (AvgIpc) is 3.93. The number of pyridine rings is 1. The molecule has 0 atom stereocenters. The van der Waals surface area contributed by atoms with Crippen LogP contribution in [0.4, 0.5) is 18.9 Å². The number of aromatic nitrogens is 6. The summed E-state index contributed by atoms with van der Waals surface area (Å²) in [4.78, 5) is 56.9. The van der Waals surface area contributed by atoms with E-state index in [0.29, 0.717) is 76.2 Å². The summed E-state index contributed by atoms with van der Waals surface area (Å²) in [5.74, 6) is -0.718. The van der Waals surface area contributed by atoms with Crippen LogP contribution in [-0.2, 0) is 32.6 Å². The number of rotatable bonds is 9. The molecule has 2 aliphatic heterocycles. The third-order valence-electron chi connectivity index (χ3n) is 9.95. The topological polar surface area (TPSA) is 131 Å². The summed E-state index contributed by atoms with van der Waals surface area (Å²) >= 11 is 1.36. The van der Waals surface area contributed by atoms with Crippen LogP contribution in [0.3, 0.4) is 0 Å². The van der Waals surface area contributed by atoms with Crippen LogP contribution in [0.25, 0.3) is 22.0 Å². The Kier molecular flexibility index (Phi) is 9.00. The van der Waals surface area contributed by atoms with Gasteiger partial charge in [-0.25, -0.2) is 9.97 Å². The summed E-state index contributed by atoms with van der Waals surface area (Å²) < 4.78 is 45.6. The zero-order valence-corrected chi connectivity index (χ0v) is 30.1. The molecule has 1 saturated heterocycles. The maximum absolute atomic E-state index is 14.6. The number of fused-ring (bicyclic) bond motifs is 2. The summed E-state index contributed by atoms with van der Waals surface area (Å²) in [5.41, 5.74) is 4.90. The molecule has 2 aromatic carbocycles. The summed E-state index contributed by atoms with van der Waals surface area (Å²) in [7, 11) is 1.44. The van der Waals surface area contributed by atoms with Crippen molar-refractivity contribution in [2.45, 2.75) is 32.5 Å². The van der Waals surface area contributed by atoms with Crippen LogP contribution in [0.1, 0.15) is 60.5 Å². The number of aryl methyl sites for hydroxylation is 2. The Morgan fingerprint density at radius 2 is 1.85 bits per heavy atom. The molecule has 0 aliphatic carbocycles. The number of alkyl halides is 3. The van der Waals surface area contributed by atoms with Crippen molar-refractivity contribution < 1.29 is 27.6 Å². The van der Waals surface area contributed by atoms with Crippen molar-refractivity contribution in [3.05, 3.63) is 112 Å². The van der Waals surface area contributed by atoms with E-state index in [1.165, 1.54) is 24.6 Å². The zero-order chi connectivity index (χ0) is 37.7. The first-order valence-corrected chi connectivity index (χ1v) is 18.3. The molecule has 0 radical (unpaired) electrons. The Morgan fingerprint density at radius 3 is 2.57 bits per heavy atom. The lowest BCUT2D eigenvalue weighted by Crippen LogP contribution is -2.53. The number of amides is 3. The fraction of sp³-hybridized carbons (Fsp3) is 0.289. The Labute approximate surface area is 311 Å². The predicted molar refractivity (Wildman–Crippen MR) is 195 cm³/mol. The van der Waals surface area contributed by atoms with E-state index in [4.69, 9.17) is 0 Å². The van der Waals surface area contributed by atoms with E-state index in [9.17, 15) is 27.6 Å². The van der Waals surface area contributed by atoms with Crippen LogP contribution in [-0.4, -0.2) is 78.1 Å². The van der Waals surface area contributed by atoms with E-state index in [0.717, 1.165) is 10.2 Å². The van der Waals surface area contributed by atoms with E-state index in [1.807, 2.05) is 13.0 Å². The molecule has 8 rings (SSSR count). The molecule has 3 amide bonds. The van der Waals surface area contributed by atoms with Crippen molar-refractivity contribution in [2.24, 2.45) is 13.0 Å². The number of nitrogens with one attached hydrogen (secondary N) is 1. The van der Waals surface area contributed by atoms with Gasteiger partial charge in [0.2, 0.25) is 0 Å². The minimum absolute atomic E-state index is 0.0896. The highest BCUT2D eigenvalue weighted by atomic mass is 32.1. The van der Waals surface area contributed by atoms with E-state index < -0.39 is 11.9 Å². The Morgan fingerprint density at radius 1 is 1.04 bits per heavy atom. The number of hydrogen-bond acceptors (Lipinski definition) is 8.